The van der Waals surface area contributed by atoms with Gasteiger partial charge in [-0.25, -0.2) is 18.1 Å². The Bertz CT molecular complexity index is 695. The molecular weight excluding hydrogens is 290 g/mol. The Hall–Kier alpha value is -1.86. The first-order valence-electron chi connectivity index (χ1n) is 6.74. The molecule has 0 fully saturated rings. The lowest BCUT2D eigenvalue weighted by Gasteiger charge is -2.08. The first-order valence-corrected chi connectivity index (χ1v) is 8.22. The molecule has 0 amide bonds. The highest BCUT2D eigenvalue weighted by atomic mass is 32.2. The normalized spacial score (nSPS) is 11.5. The highest BCUT2D eigenvalue weighted by Crippen LogP contribution is 2.12. The van der Waals surface area contributed by atoms with E-state index >= 15 is 0 Å². The number of aromatic amines is 1. The summed E-state index contributed by atoms with van der Waals surface area (Å²) in [6.45, 7) is 4.33. The highest BCUT2D eigenvalue weighted by molar-refractivity contribution is 7.89. The fourth-order valence-corrected chi connectivity index (χ4v) is 2.74. The Kier molecular flexibility index (Phi) is 4.98. The molecular formula is C14H19N3O3S. The third kappa shape index (κ3) is 4.30. The van der Waals surface area contributed by atoms with Crippen LogP contribution in [0.15, 0.2) is 35.5 Å². The zero-order chi connectivity index (χ0) is 15.3. The van der Waals surface area contributed by atoms with Crippen LogP contribution >= 0.6 is 0 Å². The van der Waals surface area contributed by atoms with Crippen molar-refractivity contribution in [2.45, 2.75) is 25.3 Å². The maximum absolute atomic E-state index is 12.0. The van der Waals surface area contributed by atoms with E-state index in [1.54, 1.807) is 0 Å². The minimum absolute atomic E-state index is 0.0786. The van der Waals surface area contributed by atoms with Gasteiger partial charge in [0.25, 0.3) is 10.0 Å². The molecule has 1 aromatic heterocycles. The first kappa shape index (κ1) is 15.5. The van der Waals surface area contributed by atoms with Crippen molar-refractivity contribution < 1.29 is 13.2 Å². The van der Waals surface area contributed by atoms with Gasteiger partial charge in [0.2, 0.25) is 0 Å². The van der Waals surface area contributed by atoms with Gasteiger partial charge in [0.05, 0.1) is 6.20 Å². The van der Waals surface area contributed by atoms with Crippen LogP contribution in [0.4, 0.5) is 0 Å². The molecule has 0 aliphatic heterocycles. The molecule has 0 radical (unpaired) electrons. The maximum atomic E-state index is 12.0. The second-order valence-corrected chi connectivity index (χ2v) is 6.35. The second-order valence-electron chi connectivity index (χ2n) is 4.61. The summed E-state index contributed by atoms with van der Waals surface area (Å²) in [5.74, 6) is 1.37. The summed E-state index contributed by atoms with van der Waals surface area (Å²) in [6.07, 6.45) is 1.98. The van der Waals surface area contributed by atoms with Gasteiger partial charge < -0.3 is 9.72 Å². The zero-order valence-corrected chi connectivity index (χ0v) is 12.9. The topological polar surface area (TPSA) is 84.1 Å². The predicted molar refractivity (Wildman–Crippen MR) is 79.8 cm³/mol. The molecule has 1 heterocycles. The van der Waals surface area contributed by atoms with Gasteiger partial charge >= 0.3 is 0 Å². The van der Waals surface area contributed by atoms with E-state index in [0.29, 0.717) is 12.2 Å². The standard InChI is InChI=1S/C14H19N3O3S/c1-3-13-15-10-14(17-13)21(18,19)16-7-8-20-12-6-4-5-11(2)9-12/h4-6,9-10,16H,3,7-8H2,1-2H3,(H,15,17). The number of nitrogens with zero attached hydrogens (tertiary/aromatic N) is 1. The van der Waals surface area contributed by atoms with Gasteiger partial charge in [-0.2, -0.15) is 0 Å². The van der Waals surface area contributed by atoms with Gasteiger partial charge in [-0.05, 0) is 24.6 Å². The SMILES string of the molecule is CCc1ncc(S(=O)(=O)NCCOc2cccc(C)c2)[nH]1. The average Bonchev–Trinajstić information content (AvgIpc) is 2.93. The summed E-state index contributed by atoms with van der Waals surface area (Å²) in [4.78, 5) is 6.75. The molecule has 21 heavy (non-hydrogen) atoms. The van der Waals surface area contributed by atoms with Gasteiger partial charge in [-0.1, -0.05) is 19.1 Å². The minimum atomic E-state index is -3.56. The molecule has 2 rings (SSSR count). The molecule has 0 aliphatic carbocycles. The Morgan fingerprint density at radius 3 is 2.86 bits per heavy atom. The summed E-state index contributed by atoms with van der Waals surface area (Å²) in [7, 11) is -3.56. The van der Waals surface area contributed by atoms with Gasteiger partial charge in [0.1, 0.15) is 18.2 Å². The molecule has 0 aliphatic rings. The quantitative estimate of drug-likeness (QED) is 0.762. The van der Waals surface area contributed by atoms with E-state index in [-0.39, 0.29) is 18.2 Å². The smallest absolute Gasteiger partial charge is 0.257 e. The van der Waals surface area contributed by atoms with Crippen molar-refractivity contribution in [1.82, 2.24) is 14.7 Å². The molecule has 1 aromatic carbocycles. The van der Waals surface area contributed by atoms with Gasteiger partial charge in [0, 0.05) is 13.0 Å². The van der Waals surface area contributed by atoms with E-state index in [1.807, 2.05) is 38.1 Å². The molecule has 114 valence electrons. The average molecular weight is 309 g/mol. The molecule has 7 heteroatoms. The van der Waals surface area contributed by atoms with Gasteiger partial charge in [0.15, 0.2) is 5.03 Å². The van der Waals surface area contributed by atoms with Crippen LogP contribution < -0.4 is 9.46 Å². The van der Waals surface area contributed by atoms with Crippen LogP contribution in [0.1, 0.15) is 18.3 Å². The van der Waals surface area contributed by atoms with E-state index in [4.69, 9.17) is 4.74 Å². The third-order valence-corrected chi connectivity index (χ3v) is 4.25. The van der Waals surface area contributed by atoms with Crippen LogP contribution in [0.25, 0.3) is 0 Å². The number of rotatable bonds is 7. The molecule has 6 nitrogen and oxygen atoms in total. The molecule has 2 N–H and O–H groups in total. The fraction of sp³-hybridized carbons (Fsp3) is 0.357. The van der Waals surface area contributed by atoms with Crippen molar-refractivity contribution in [2.75, 3.05) is 13.2 Å². The number of ether oxygens (including phenoxy) is 1. The largest absolute Gasteiger partial charge is 0.492 e. The summed E-state index contributed by atoms with van der Waals surface area (Å²) >= 11 is 0. The molecule has 0 unspecified atom stereocenters. The minimum Gasteiger partial charge on any atom is -0.492 e. The molecule has 0 saturated heterocycles. The van der Waals surface area contributed by atoms with Crippen LogP contribution in [0.5, 0.6) is 5.75 Å². The molecule has 0 bridgehead atoms. The van der Waals surface area contributed by atoms with Gasteiger partial charge in [-0.3, -0.25) is 0 Å². The first-order chi connectivity index (χ1) is 10.0. The van der Waals surface area contributed by atoms with Crippen LogP contribution in [0, 0.1) is 6.92 Å². The molecule has 2 aromatic rings. The van der Waals surface area contributed by atoms with Crippen molar-refractivity contribution in [2.24, 2.45) is 0 Å². The Morgan fingerprint density at radius 1 is 1.38 bits per heavy atom. The number of H-pyrrole nitrogens is 1. The van der Waals surface area contributed by atoms with Crippen molar-refractivity contribution in [3.05, 3.63) is 41.9 Å². The summed E-state index contributed by atoms with van der Waals surface area (Å²) in [5, 5.41) is 0.0786. The second kappa shape index (κ2) is 6.73. The number of hydrogen-bond donors (Lipinski definition) is 2. The zero-order valence-electron chi connectivity index (χ0n) is 12.1. The monoisotopic (exact) mass is 309 g/mol. The van der Waals surface area contributed by atoms with E-state index in [9.17, 15) is 8.42 Å². The van der Waals surface area contributed by atoms with E-state index < -0.39 is 10.0 Å². The van der Waals surface area contributed by atoms with E-state index in [1.165, 1.54) is 6.20 Å². The lowest BCUT2D eigenvalue weighted by atomic mass is 10.2. The predicted octanol–water partition coefficient (Wildman–Crippen LogP) is 1.64. The van der Waals surface area contributed by atoms with Crippen LogP contribution in [-0.4, -0.2) is 31.5 Å². The summed E-state index contributed by atoms with van der Waals surface area (Å²) < 4.78 is 31.9. The third-order valence-electron chi connectivity index (χ3n) is 2.88. The lowest BCUT2D eigenvalue weighted by Crippen LogP contribution is -2.28. The Morgan fingerprint density at radius 2 is 2.19 bits per heavy atom. The Labute approximate surface area is 124 Å². The van der Waals surface area contributed by atoms with Crippen LogP contribution in [-0.2, 0) is 16.4 Å². The van der Waals surface area contributed by atoms with Crippen molar-refractivity contribution in [1.29, 1.82) is 0 Å². The molecule has 0 spiro atoms. The number of imidazole rings is 1. The number of hydrogen-bond acceptors (Lipinski definition) is 4. The van der Waals surface area contributed by atoms with Crippen molar-refractivity contribution in [3.63, 3.8) is 0 Å². The van der Waals surface area contributed by atoms with Crippen LogP contribution in [0.2, 0.25) is 0 Å². The van der Waals surface area contributed by atoms with Gasteiger partial charge in [-0.15, -0.1) is 0 Å². The number of sulfonamides is 1. The van der Waals surface area contributed by atoms with E-state index in [0.717, 1.165) is 11.3 Å². The van der Waals surface area contributed by atoms with Crippen molar-refractivity contribution >= 4 is 10.0 Å². The number of benzene rings is 1. The van der Waals surface area contributed by atoms with Crippen molar-refractivity contribution in [3.8, 4) is 5.75 Å². The maximum Gasteiger partial charge on any atom is 0.257 e. The lowest BCUT2D eigenvalue weighted by molar-refractivity contribution is 0.322. The highest BCUT2D eigenvalue weighted by Gasteiger charge is 2.16. The van der Waals surface area contributed by atoms with Crippen LogP contribution in [0.3, 0.4) is 0 Å². The number of aromatic nitrogens is 2. The van der Waals surface area contributed by atoms with E-state index in [2.05, 4.69) is 14.7 Å². The molecule has 0 atom stereocenters. The Balaban J connectivity index is 1.85. The number of nitrogens with one attached hydrogen (secondary N) is 2. The summed E-state index contributed by atoms with van der Waals surface area (Å²) in [6, 6.07) is 7.60. The fourth-order valence-electron chi connectivity index (χ4n) is 1.79. The summed E-state index contributed by atoms with van der Waals surface area (Å²) in [5.41, 5.74) is 1.10. The number of aryl methyl sites for hydroxylation is 2. The molecule has 0 saturated carbocycles.